The highest BCUT2D eigenvalue weighted by molar-refractivity contribution is 9.10. The maximum atomic E-state index is 12.3. The lowest BCUT2D eigenvalue weighted by Gasteiger charge is -2.21. The van der Waals surface area contributed by atoms with Gasteiger partial charge in [-0.25, -0.2) is 0 Å². The summed E-state index contributed by atoms with van der Waals surface area (Å²) in [6.45, 7) is 2.01. The summed E-state index contributed by atoms with van der Waals surface area (Å²) >= 11 is 3.35. The van der Waals surface area contributed by atoms with E-state index in [1.807, 2.05) is 13.0 Å². The Morgan fingerprint density at radius 3 is 2.54 bits per heavy atom. The Morgan fingerprint density at radius 1 is 1.04 bits per heavy atom. The Bertz CT molecular complexity index is 819. The molecule has 3 rings (SSSR count). The van der Waals surface area contributed by atoms with Crippen LogP contribution in [0.3, 0.4) is 0 Å². The van der Waals surface area contributed by atoms with Crippen molar-refractivity contribution in [3.63, 3.8) is 0 Å². The highest BCUT2D eigenvalue weighted by Gasteiger charge is 2.20. The van der Waals surface area contributed by atoms with E-state index in [-0.39, 0.29) is 6.04 Å². The van der Waals surface area contributed by atoms with Crippen LogP contribution in [0.4, 0.5) is 5.69 Å². The van der Waals surface area contributed by atoms with Gasteiger partial charge in [-0.3, -0.25) is 9.59 Å². The lowest BCUT2D eigenvalue weighted by Crippen LogP contribution is -2.37. The zero-order chi connectivity index (χ0) is 18.5. The molecule has 1 aliphatic carbocycles. The predicted octanol–water partition coefficient (Wildman–Crippen LogP) is 4.53. The standard InChI is InChI=1S/C21H23BrN2O2/c1-2-19(16-11-10-14-6-3-4-7-15(14)12-16)24-21(26)20(25)23-18-9-5-8-17(22)13-18/h5,8-13,19H,2-4,6-7H2,1H3,(H,23,25)(H,24,26). The number of carbonyl (C=O) groups excluding carboxylic acids is 2. The van der Waals surface area contributed by atoms with Gasteiger partial charge in [0, 0.05) is 10.2 Å². The number of halogens is 1. The maximum absolute atomic E-state index is 12.3. The van der Waals surface area contributed by atoms with E-state index < -0.39 is 11.8 Å². The number of aryl methyl sites for hydroxylation is 2. The molecule has 1 aliphatic rings. The van der Waals surface area contributed by atoms with E-state index in [0.717, 1.165) is 29.3 Å². The van der Waals surface area contributed by atoms with E-state index in [2.05, 4.69) is 44.8 Å². The minimum Gasteiger partial charge on any atom is -0.341 e. The Kier molecular flexibility index (Phi) is 6.09. The summed E-state index contributed by atoms with van der Waals surface area (Å²) in [6.07, 6.45) is 5.42. The fourth-order valence-corrected chi connectivity index (χ4v) is 3.77. The first-order chi connectivity index (χ1) is 12.6. The number of benzene rings is 2. The van der Waals surface area contributed by atoms with Gasteiger partial charge in [0.1, 0.15) is 0 Å². The van der Waals surface area contributed by atoms with Gasteiger partial charge in [0.05, 0.1) is 6.04 Å². The quantitative estimate of drug-likeness (QED) is 0.721. The van der Waals surface area contributed by atoms with Gasteiger partial charge >= 0.3 is 11.8 Å². The number of hydrogen-bond donors (Lipinski definition) is 2. The molecule has 0 heterocycles. The van der Waals surface area contributed by atoms with Crippen LogP contribution in [0.25, 0.3) is 0 Å². The van der Waals surface area contributed by atoms with Crippen molar-refractivity contribution in [1.82, 2.24) is 5.32 Å². The summed E-state index contributed by atoms with van der Waals surface area (Å²) in [4.78, 5) is 24.5. The summed E-state index contributed by atoms with van der Waals surface area (Å²) in [5.74, 6) is -1.27. The van der Waals surface area contributed by atoms with Crippen LogP contribution in [0.2, 0.25) is 0 Å². The molecule has 0 saturated carbocycles. The van der Waals surface area contributed by atoms with Crippen LogP contribution in [-0.2, 0) is 22.4 Å². The molecular weight excluding hydrogens is 392 g/mol. The number of rotatable bonds is 4. The SMILES string of the molecule is CCC(NC(=O)C(=O)Nc1cccc(Br)c1)c1ccc2c(c1)CCCC2. The van der Waals surface area contributed by atoms with Gasteiger partial charge in [-0.1, -0.05) is 47.1 Å². The molecular formula is C21H23BrN2O2. The number of fused-ring (bicyclic) bond motifs is 1. The van der Waals surface area contributed by atoms with Gasteiger partial charge in [0.15, 0.2) is 0 Å². The average Bonchev–Trinajstić information content (AvgIpc) is 2.65. The first-order valence-electron chi connectivity index (χ1n) is 9.06. The molecule has 2 aromatic carbocycles. The van der Waals surface area contributed by atoms with E-state index in [9.17, 15) is 9.59 Å². The molecule has 0 bridgehead atoms. The second kappa shape index (κ2) is 8.49. The highest BCUT2D eigenvalue weighted by atomic mass is 79.9. The van der Waals surface area contributed by atoms with Gasteiger partial charge in [0.25, 0.3) is 0 Å². The van der Waals surface area contributed by atoms with Crippen molar-refractivity contribution in [2.45, 2.75) is 45.1 Å². The van der Waals surface area contributed by atoms with E-state index in [4.69, 9.17) is 0 Å². The predicted molar refractivity (Wildman–Crippen MR) is 107 cm³/mol. The molecule has 4 nitrogen and oxygen atoms in total. The Morgan fingerprint density at radius 2 is 1.81 bits per heavy atom. The maximum Gasteiger partial charge on any atom is 0.313 e. The van der Waals surface area contributed by atoms with E-state index in [1.165, 1.54) is 24.0 Å². The zero-order valence-electron chi connectivity index (χ0n) is 14.8. The molecule has 136 valence electrons. The smallest absolute Gasteiger partial charge is 0.313 e. The number of amides is 2. The molecule has 5 heteroatoms. The largest absolute Gasteiger partial charge is 0.341 e. The van der Waals surface area contributed by atoms with Gasteiger partial charge < -0.3 is 10.6 Å². The lowest BCUT2D eigenvalue weighted by atomic mass is 9.89. The topological polar surface area (TPSA) is 58.2 Å². The summed E-state index contributed by atoms with van der Waals surface area (Å²) in [5, 5.41) is 5.49. The van der Waals surface area contributed by atoms with Crippen molar-refractivity contribution < 1.29 is 9.59 Å². The lowest BCUT2D eigenvalue weighted by molar-refractivity contribution is -0.136. The van der Waals surface area contributed by atoms with Crippen LogP contribution in [-0.4, -0.2) is 11.8 Å². The second-order valence-electron chi connectivity index (χ2n) is 6.63. The zero-order valence-corrected chi connectivity index (χ0v) is 16.4. The van der Waals surface area contributed by atoms with Crippen LogP contribution in [0, 0.1) is 0 Å². The van der Waals surface area contributed by atoms with Crippen molar-refractivity contribution in [2.24, 2.45) is 0 Å². The number of hydrogen-bond acceptors (Lipinski definition) is 2. The van der Waals surface area contributed by atoms with E-state index in [1.54, 1.807) is 18.2 Å². The Labute approximate surface area is 162 Å². The van der Waals surface area contributed by atoms with Crippen LogP contribution in [0.5, 0.6) is 0 Å². The van der Waals surface area contributed by atoms with Gasteiger partial charge in [-0.05, 0) is 67.0 Å². The molecule has 26 heavy (non-hydrogen) atoms. The van der Waals surface area contributed by atoms with E-state index >= 15 is 0 Å². The molecule has 1 unspecified atom stereocenters. The molecule has 2 N–H and O–H groups in total. The first kappa shape index (κ1) is 18.6. The third kappa shape index (κ3) is 4.52. The van der Waals surface area contributed by atoms with Gasteiger partial charge in [-0.15, -0.1) is 0 Å². The van der Waals surface area contributed by atoms with Crippen LogP contribution >= 0.6 is 15.9 Å². The molecule has 2 amide bonds. The summed E-state index contributed by atoms with van der Waals surface area (Å²) in [5.41, 5.74) is 4.44. The fraction of sp³-hybridized carbons (Fsp3) is 0.333. The molecule has 0 fully saturated rings. The summed E-state index contributed by atoms with van der Waals surface area (Å²) < 4.78 is 0.844. The monoisotopic (exact) mass is 414 g/mol. The number of carbonyl (C=O) groups is 2. The molecule has 0 aliphatic heterocycles. The molecule has 0 spiro atoms. The van der Waals surface area contributed by atoms with Crippen LogP contribution in [0.1, 0.15) is 48.9 Å². The van der Waals surface area contributed by atoms with Crippen molar-refractivity contribution in [1.29, 1.82) is 0 Å². The van der Waals surface area contributed by atoms with Crippen molar-refractivity contribution in [3.8, 4) is 0 Å². The van der Waals surface area contributed by atoms with Gasteiger partial charge in [0.2, 0.25) is 0 Å². The van der Waals surface area contributed by atoms with Crippen LogP contribution in [0.15, 0.2) is 46.9 Å². The Hall–Kier alpha value is -2.14. The fourth-order valence-electron chi connectivity index (χ4n) is 3.37. The van der Waals surface area contributed by atoms with E-state index in [0.29, 0.717) is 5.69 Å². The molecule has 1 atom stereocenters. The second-order valence-corrected chi connectivity index (χ2v) is 7.55. The van der Waals surface area contributed by atoms with Crippen molar-refractivity contribution >= 4 is 33.4 Å². The third-order valence-electron chi connectivity index (χ3n) is 4.78. The third-order valence-corrected chi connectivity index (χ3v) is 5.27. The van der Waals surface area contributed by atoms with Gasteiger partial charge in [-0.2, -0.15) is 0 Å². The minimum absolute atomic E-state index is 0.164. The average molecular weight is 415 g/mol. The normalized spacial score (nSPS) is 14.2. The minimum atomic E-state index is -0.653. The number of anilines is 1. The highest BCUT2D eigenvalue weighted by Crippen LogP contribution is 2.26. The molecule has 0 radical (unpaired) electrons. The molecule has 0 saturated heterocycles. The Balaban J connectivity index is 1.67. The number of nitrogens with one attached hydrogen (secondary N) is 2. The van der Waals surface area contributed by atoms with Crippen molar-refractivity contribution in [3.05, 3.63) is 63.6 Å². The van der Waals surface area contributed by atoms with Crippen LogP contribution < -0.4 is 10.6 Å². The summed E-state index contributed by atoms with van der Waals surface area (Å²) in [6, 6.07) is 13.4. The first-order valence-corrected chi connectivity index (χ1v) is 9.85. The molecule has 2 aromatic rings. The summed E-state index contributed by atoms with van der Waals surface area (Å²) in [7, 11) is 0. The molecule has 0 aromatic heterocycles. The van der Waals surface area contributed by atoms with Crippen molar-refractivity contribution in [2.75, 3.05) is 5.32 Å².